The van der Waals surface area contributed by atoms with E-state index in [4.69, 9.17) is 9.47 Å². The van der Waals surface area contributed by atoms with Crippen LogP contribution in [0.15, 0.2) is 30.9 Å². The molecule has 0 fully saturated rings. The SMILES string of the molecule is C=CCc1cc(OCC)ccc1OCCCNC(C)C. The Hall–Kier alpha value is -1.48. The fourth-order valence-electron chi connectivity index (χ4n) is 1.91. The Balaban J connectivity index is 2.52. The molecular formula is C17H27NO2. The van der Waals surface area contributed by atoms with Crippen LogP contribution in [0.4, 0.5) is 0 Å². The quantitative estimate of drug-likeness (QED) is 0.524. The standard InChI is InChI=1S/C17H27NO2/c1-5-8-15-13-16(19-6-2)9-10-17(15)20-12-7-11-18-14(3)4/h5,9-10,13-14,18H,1,6-8,11-12H2,2-4H3. The van der Waals surface area contributed by atoms with Gasteiger partial charge in [0.25, 0.3) is 0 Å². The van der Waals surface area contributed by atoms with Gasteiger partial charge in [-0.2, -0.15) is 0 Å². The van der Waals surface area contributed by atoms with Gasteiger partial charge >= 0.3 is 0 Å². The summed E-state index contributed by atoms with van der Waals surface area (Å²) in [5, 5.41) is 3.38. The summed E-state index contributed by atoms with van der Waals surface area (Å²) in [7, 11) is 0. The lowest BCUT2D eigenvalue weighted by Crippen LogP contribution is -2.24. The summed E-state index contributed by atoms with van der Waals surface area (Å²) in [6.07, 6.45) is 3.68. The second-order valence-corrected chi connectivity index (χ2v) is 5.01. The van der Waals surface area contributed by atoms with Crippen LogP contribution in [0.3, 0.4) is 0 Å². The molecule has 1 aromatic carbocycles. The first-order valence-electron chi connectivity index (χ1n) is 7.40. The Labute approximate surface area is 123 Å². The average molecular weight is 277 g/mol. The molecule has 1 rings (SSSR count). The number of hydrogen-bond donors (Lipinski definition) is 1. The van der Waals surface area contributed by atoms with E-state index in [9.17, 15) is 0 Å². The highest BCUT2D eigenvalue weighted by molar-refractivity contribution is 5.41. The summed E-state index contributed by atoms with van der Waals surface area (Å²) in [5.41, 5.74) is 1.13. The van der Waals surface area contributed by atoms with Crippen LogP contribution in [0, 0.1) is 0 Å². The third kappa shape index (κ3) is 6.11. The largest absolute Gasteiger partial charge is 0.494 e. The molecule has 1 N–H and O–H groups in total. The Morgan fingerprint density at radius 1 is 1.30 bits per heavy atom. The molecule has 0 spiro atoms. The predicted molar refractivity (Wildman–Crippen MR) is 84.8 cm³/mol. The zero-order chi connectivity index (χ0) is 14.8. The second kappa shape index (κ2) is 9.43. The minimum atomic E-state index is 0.525. The van der Waals surface area contributed by atoms with Crippen molar-refractivity contribution in [2.75, 3.05) is 19.8 Å². The third-order valence-electron chi connectivity index (χ3n) is 2.84. The van der Waals surface area contributed by atoms with E-state index < -0.39 is 0 Å². The highest BCUT2D eigenvalue weighted by Crippen LogP contribution is 2.25. The van der Waals surface area contributed by atoms with Crippen molar-refractivity contribution in [1.82, 2.24) is 5.32 Å². The fourth-order valence-corrected chi connectivity index (χ4v) is 1.91. The zero-order valence-electron chi connectivity index (χ0n) is 12.9. The van der Waals surface area contributed by atoms with Gasteiger partial charge in [0.2, 0.25) is 0 Å². The molecule has 0 saturated heterocycles. The number of rotatable bonds is 10. The van der Waals surface area contributed by atoms with Gasteiger partial charge in [-0.3, -0.25) is 0 Å². The van der Waals surface area contributed by atoms with E-state index in [0.717, 1.165) is 43.1 Å². The van der Waals surface area contributed by atoms with Crippen LogP contribution < -0.4 is 14.8 Å². The van der Waals surface area contributed by atoms with Crippen LogP contribution in [0.1, 0.15) is 32.8 Å². The molecule has 1 aromatic rings. The van der Waals surface area contributed by atoms with Crippen LogP contribution in [0.25, 0.3) is 0 Å². The maximum atomic E-state index is 5.86. The fraction of sp³-hybridized carbons (Fsp3) is 0.529. The van der Waals surface area contributed by atoms with Gasteiger partial charge in [-0.05, 0) is 44.5 Å². The third-order valence-corrected chi connectivity index (χ3v) is 2.84. The van der Waals surface area contributed by atoms with E-state index in [1.54, 1.807) is 0 Å². The van der Waals surface area contributed by atoms with Crippen molar-refractivity contribution in [3.05, 3.63) is 36.4 Å². The number of ether oxygens (including phenoxy) is 2. The monoisotopic (exact) mass is 277 g/mol. The molecule has 0 aromatic heterocycles. The van der Waals surface area contributed by atoms with Crippen molar-refractivity contribution in [2.45, 2.75) is 39.7 Å². The predicted octanol–water partition coefficient (Wildman–Crippen LogP) is 3.58. The summed E-state index contributed by atoms with van der Waals surface area (Å²) < 4.78 is 11.4. The van der Waals surface area contributed by atoms with E-state index in [1.165, 1.54) is 0 Å². The Kier molecular flexibility index (Phi) is 7.81. The number of benzene rings is 1. The van der Waals surface area contributed by atoms with Crippen molar-refractivity contribution < 1.29 is 9.47 Å². The lowest BCUT2D eigenvalue weighted by atomic mass is 10.1. The zero-order valence-corrected chi connectivity index (χ0v) is 12.9. The molecule has 0 aliphatic heterocycles. The topological polar surface area (TPSA) is 30.5 Å². The molecule has 0 unspecified atom stereocenters. The van der Waals surface area contributed by atoms with Crippen molar-refractivity contribution in [2.24, 2.45) is 0 Å². The highest BCUT2D eigenvalue weighted by atomic mass is 16.5. The summed E-state index contributed by atoms with van der Waals surface area (Å²) in [6.45, 7) is 12.5. The van der Waals surface area contributed by atoms with Crippen molar-refractivity contribution in [3.8, 4) is 11.5 Å². The summed E-state index contributed by atoms with van der Waals surface area (Å²) in [5.74, 6) is 1.82. The lowest BCUT2D eigenvalue weighted by molar-refractivity contribution is 0.301. The van der Waals surface area contributed by atoms with Gasteiger partial charge in [0.1, 0.15) is 11.5 Å². The molecule has 0 radical (unpaired) electrons. The number of hydrogen-bond acceptors (Lipinski definition) is 3. The van der Waals surface area contributed by atoms with Gasteiger partial charge in [0, 0.05) is 11.6 Å². The number of allylic oxidation sites excluding steroid dienone is 1. The molecule has 3 nitrogen and oxygen atoms in total. The molecule has 0 aliphatic carbocycles. The van der Waals surface area contributed by atoms with Crippen molar-refractivity contribution >= 4 is 0 Å². The second-order valence-electron chi connectivity index (χ2n) is 5.01. The van der Waals surface area contributed by atoms with Gasteiger partial charge in [0.05, 0.1) is 13.2 Å². The van der Waals surface area contributed by atoms with Gasteiger partial charge < -0.3 is 14.8 Å². The van der Waals surface area contributed by atoms with Crippen LogP contribution in [-0.2, 0) is 6.42 Å². The first kappa shape index (κ1) is 16.6. The highest BCUT2D eigenvalue weighted by Gasteiger charge is 2.05. The van der Waals surface area contributed by atoms with Gasteiger partial charge in [0.15, 0.2) is 0 Å². The summed E-state index contributed by atoms with van der Waals surface area (Å²) >= 11 is 0. The maximum absolute atomic E-state index is 5.86. The minimum Gasteiger partial charge on any atom is -0.494 e. The van der Waals surface area contributed by atoms with Gasteiger partial charge in [-0.1, -0.05) is 19.9 Å². The summed E-state index contributed by atoms with van der Waals surface area (Å²) in [4.78, 5) is 0. The van der Waals surface area contributed by atoms with Crippen molar-refractivity contribution in [3.63, 3.8) is 0 Å². The van der Waals surface area contributed by atoms with E-state index in [2.05, 4.69) is 25.7 Å². The Morgan fingerprint density at radius 3 is 2.75 bits per heavy atom. The average Bonchev–Trinajstić information content (AvgIpc) is 2.41. The van der Waals surface area contributed by atoms with E-state index in [1.807, 2.05) is 31.2 Å². The number of nitrogens with one attached hydrogen (secondary N) is 1. The van der Waals surface area contributed by atoms with Gasteiger partial charge in [-0.15, -0.1) is 6.58 Å². The maximum Gasteiger partial charge on any atom is 0.123 e. The molecule has 0 amide bonds. The van der Waals surface area contributed by atoms with Crippen LogP contribution in [0.2, 0.25) is 0 Å². The van der Waals surface area contributed by atoms with Crippen LogP contribution in [-0.4, -0.2) is 25.8 Å². The molecule has 20 heavy (non-hydrogen) atoms. The normalized spacial score (nSPS) is 10.6. The smallest absolute Gasteiger partial charge is 0.123 e. The van der Waals surface area contributed by atoms with Crippen molar-refractivity contribution in [1.29, 1.82) is 0 Å². The summed E-state index contributed by atoms with van der Waals surface area (Å²) in [6, 6.07) is 6.50. The Bertz CT molecular complexity index is 402. The Morgan fingerprint density at radius 2 is 2.10 bits per heavy atom. The van der Waals surface area contributed by atoms with E-state index in [0.29, 0.717) is 12.6 Å². The first-order chi connectivity index (χ1) is 9.67. The minimum absolute atomic E-state index is 0.525. The molecule has 0 atom stereocenters. The van der Waals surface area contributed by atoms with E-state index >= 15 is 0 Å². The molecular weight excluding hydrogens is 250 g/mol. The molecule has 0 bridgehead atoms. The molecule has 112 valence electrons. The lowest BCUT2D eigenvalue weighted by Gasteiger charge is -2.13. The molecule has 3 heteroatoms. The van der Waals surface area contributed by atoms with E-state index in [-0.39, 0.29) is 0 Å². The van der Waals surface area contributed by atoms with Crippen LogP contribution >= 0.6 is 0 Å². The molecule has 0 heterocycles. The molecule has 0 saturated carbocycles. The van der Waals surface area contributed by atoms with Crippen LogP contribution in [0.5, 0.6) is 11.5 Å². The molecule has 0 aliphatic rings. The van der Waals surface area contributed by atoms with Gasteiger partial charge in [-0.25, -0.2) is 0 Å². The first-order valence-corrected chi connectivity index (χ1v) is 7.40.